The van der Waals surface area contributed by atoms with Crippen LogP contribution in [0.15, 0.2) is 54.6 Å². The molecule has 0 bridgehead atoms. The summed E-state index contributed by atoms with van der Waals surface area (Å²) >= 11 is 4.93. The maximum atomic E-state index is 12.0. The van der Waals surface area contributed by atoms with Crippen LogP contribution in [0.5, 0.6) is 11.5 Å². The van der Waals surface area contributed by atoms with Crippen LogP contribution in [0.2, 0.25) is 0 Å². The van der Waals surface area contributed by atoms with Crippen molar-refractivity contribution >= 4 is 40.7 Å². The van der Waals surface area contributed by atoms with Gasteiger partial charge >= 0.3 is 0 Å². The third-order valence-electron chi connectivity index (χ3n) is 3.71. The quantitative estimate of drug-likeness (QED) is 0.345. The fraction of sp³-hybridized carbons (Fsp3) is 0.238. The number of amides is 3. The molecule has 0 unspecified atom stereocenters. The van der Waals surface area contributed by atoms with Gasteiger partial charge in [-0.3, -0.25) is 30.6 Å². The van der Waals surface area contributed by atoms with Crippen molar-refractivity contribution < 1.29 is 23.9 Å². The molecule has 0 fully saturated rings. The van der Waals surface area contributed by atoms with Crippen molar-refractivity contribution in [1.29, 1.82) is 0 Å². The van der Waals surface area contributed by atoms with Gasteiger partial charge in [0.25, 0.3) is 5.91 Å². The topological polar surface area (TPSA) is 118 Å². The Morgan fingerprint density at radius 2 is 1.45 bits per heavy atom. The van der Waals surface area contributed by atoms with Crippen molar-refractivity contribution in [2.75, 3.05) is 18.5 Å². The number of benzene rings is 2. The molecule has 31 heavy (non-hydrogen) atoms. The van der Waals surface area contributed by atoms with Crippen LogP contribution in [0.3, 0.4) is 0 Å². The summed E-state index contributed by atoms with van der Waals surface area (Å²) in [5.74, 6) is 0.00606. The summed E-state index contributed by atoms with van der Waals surface area (Å²) in [7, 11) is 0. The lowest BCUT2D eigenvalue weighted by Crippen LogP contribution is -2.49. The highest BCUT2D eigenvalue weighted by Gasteiger charge is 2.09. The van der Waals surface area contributed by atoms with Gasteiger partial charge in [-0.05, 0) is 55.5 Å². The highest BCUT2D eigenvalue weighted by atomic mass is 32.1. The molecule has 0 aliphatic heterocycles. The molecule has 10 heteroatoms. The average Bonchev–Trinajstić information content (AvgIpc) is 2.77. The number of ether oxygens (including phenoxy) is 2. The molecule has 0 atom stereocenters. The van der Waals surface area contributed by atoms with Crippen LogP contribution < -0.4 is 31.0 Å². The number of anilines is 1. The van der Waals surface area contributed by atoms with Crippen LogP contribution in [0.1, 0.15) is 19.8 Å². The molecule has 0 saturated heterocycles. The van der Waals surface area contributed by atoms with E-state index in [-0.39, 0.29) is 30.5 Å². The number of hydrogen-bond donors (Lipinski definition) is 4. The van der Waals surface area contributed by atoms with Gasteiger partial charge in [0.1, 0.15) is 11.5 Å². The van der Waals surface area contributed by atoms with Gasteiger partial charge in [-0.15, -0.1) is 0 Å². The van der Waals surface area contributed by atoms with Gasteiger partial charge in [-0.1, -0.05) is 18.2 Å². The minimum Gasteiger partial charge on any atom is -0.494 e. The van der Waals surface area contributed by atoms with Gasteiger partial charge in [-0.2, -0.15) is 0 Å². The van der Waals surface area contributed by atoms with E-state index in [1.54, 1.807) is 48.5 Å². The second-order valence-electron chi connectivity index (χ2n) is 6.16. The van der Waals surface area contributed by atoms with Gasteiger partial charge in [0.15, 0.2) is 11.7 Å². The third-order valence-corrected chi connectivity index (χ3v) is 3.91. The highest BCUT2D eigenvalue weighted by molar-refractivity contribution is 7.80. The van der Waals surface area contributed by atoms with Gasteiger partial charge in [0, 0.05) is 18.5 Å². The first-order valence-corrected chi connectivity index (χ1v) is 9.96. The lowest BCUT2D eigenvalue weighted by atomic mass is 10.2. The molecule has 164 valence electrons. The fourth-order valence-corrected chi connectivity index (χ4v) is 2.47. The van der Waals surface area contributed by atoms with Crippen molar-refractivity contribution in [3.05, 3.63) is 54.6 Å². The maximum Gasteiger partial charge on any atom is 0.264 e. The molecule has 2 aromatic carbocycles. The molecule has 0 aromatic heterocycles. The van der Waals surface area contributed by atoms with E-state index in [1.807, 2.05) is 13.0 Å². The number of hydrogen-bond acceptors (Lipinski definition) is 6. The minimum atomic E-state index is -0.481. The van der Waals surface area contributed by atoms with E-state index in [1.165, 1.54) is 0 Å². The number of carbonyl (C=O) groups is 3. The van der Waals surface area contributed by atoms with Gasteiger partial charge in [0.2, 0.25) is 11.8 Å². The molecule has 0 aliphatic carbocycles. The fourth-order valence-electron chi connectivity index (χ4n) is 2.30. The Hall–Kier alpha value is -3.66. The van der Waals surface area contributed by atoms with E-state index in [0.29, 0.717) is 23.8 Å². The summed E-state index contributed by atoms with van der Waals surface area (Å²) in [4.78, 5) is 35.6. The van der Waals surface area contributed by atoms with Crippen molar-refractivity contribution in [2.24, 2.45) is 0 Å². The summed E-state index contributed by atoms with van der Waals surface area (Å²) in [5.41, 5.74) is 5.33. The predicted octanol–water partition coefficient (Wildman–Crippen LogP) is 1.90. The Labute approximate surface area is 185 Å². The third kappa shape index (κ3) is 9.59. The zero-order chi connectivity index (χ0) is 22.5. The molecule has 0 radical (unpaired) electrons. The molecule has 0 heterocycles. The van der Waals surface area contributed by atoms with Crippen molar-refractivity contribution in [2.45, 2.75) is 19.8 Å². The lowest BCUT2D eigenvalue weighted by molar-refractivity contribution is -0.125. The Kier molecular flexibility index (Phi) is 9.76. The lowest BCUT2D eigenvalue weighted by Gasteiger charge is -2.11. The average molecular weight is 445 g/mol. The molecule has 2 rings (SSSR count). The normalized spacial score (nSPS) is 9.84. The van der Waals surface area contributed by atoms with Gasteiger partial charge < -0.3 is 14.8 Å². The van der Waals surface area contributed by atoms with E-state index in [0.717, 1.165) is 0 Å². The Bertz CT molecular complexity index is 890. The summed E-state index contributed by atoms with van der Waals surface area (Å²) < 4.78 is 10.6. The molecule has 0 saturated carbocycles. The van der Waals surface area contributed by atoms with E-state index < -0.39 is 11.8 Å². The number of para-hydroxylation sites is 1. The van der Waals surface area contributed by atoms with E-state index >= 15 is 0 Å². The van der Waals surface area contributed by atoms with Crippen LogP contribution in [-0.2, 0) is 14.4 Å². The van der Waals surface area contributed by atoms with E-state index in [4.69, 9.17) is 21.7 Å². The van der Waals surface area contributed by atoms with Crippen molar-refractivity contribution in [1.82, 2.24) is 16.2 Å². The van der Waals surface area contributed by atoms with Gasteiger partial charge in [0.05, 0.1) is 6.61 Å². The zero-order valence-corrected chi connectivity index (χ0v) is 17.8. The first kappa shape index (κ1) is 23.6. The van der Waals surface area contributed by atoms with Crippen molar-refractivity contribution in [3.63, 3.8) is 0 Å². The standard InChI is InChI=1S/C21H24N4O5S/c1-2-29-17-10-8-15(9-11-17)22-18(26)12-13-19(27)24-25-21(31)23-20(28)14-30-16-6-4-3-5-7-16/h3-11H,2,12-14H2,1H3,(H,22,26)(H,24,27)(H2,23,25,28,31). The highest BCUT2D eigenvalue weighted by Crippen LogP contribution is 2.15. The minimum absolute atomic E-state index is 0.0231. The van der Waals surface area contributed by atoms with Crippen LogP contribution in [-0.4, -0.2) is 36.0 Å². The summed E-state index contributed by atoms with van der Waals surface area (Å²) in [6, 6.07) is 15.8. The van der Waals surface area contributed by atoms with Crippen LogP contribution in [0.25, 0.3) is 0 Å². The SMILES string of the molecule is CCOc1ccc(NC(=O)CCC(=O)NNC(=S)NC(=O)COc2ccccc2)cc1. The number of hydrazine groups is 1. The predicted molar refractivity (Wildman–Crippen MR) is 119 cm³/mol. The maximum absolute atomic E-state index is 12.0. The summed E-state index contributed by atoms with van der Waals surface area (Å²) in [6.45, 7) is 2.21. The van der Waals surface area contributed by atoms with E-state index in [2.05, 4.69) is 21.5 Å². The zero-order valence-electron chi connectivity index (χ0n) is 17.0. The number of nitrogens with one attached hydrogen (secondary N) is 4. The number of carbonyl (C=O) groups excluding carboxylic acids is 3. The van der Waals surface area contributed by atoms with Crippen LogP contribution in [0.4, 0.5) is 5.69 Å². The molecule has 2 aromatic rings. The molecule has 9 nitrogen and oxygen atoms in total. The number of rotatable bonds is 9. The van der Waals surface area contributed by atoms with Crippen molar-refractivity contribution in [3.8, 4) is 11.5 Å². The molecular weight excluding hydrogens is 420 g/mol. The molecule has 0 spiro atoms. The van der Waals surface area contributed by atoms with Crippen LogP contribution in [0, 0.1) is 0 Å². The molecule has 3 amide bonds. The monoisotopic (exact) mass is 444 g/mol. The Morgan fingerprint density at radius 3 is 2.13 bits per heavy atom. The molecule has 4 N–H and O–H groups in total. The number of thiocarbonyl (C=S) groups is 1. The Morgan fingerprint density at radius 1 is 0.806 bits per heavy atom. The first-order valence-electron chi connectivity index (χ1n) is 9.55. The first-order chi connectivity index (χ1) is 15.0. The largest absolute Gasteiger partial charge is 0.494 e. The second kappa shape index (κ2) is 12.8. The summed E-state index contributed by atoms with van der Waals surface area (Å²) in [6.07, 6.45) is -0.0890. The molecule has 0 aliphatic rings. The van der Waals surface area contributed by atoms with Gasteiger partial charge in [-0.25, -0.2) is 0 Å². The smallest absolute Gasteiger partial charge is 0.264 e. The van der Waals surface area contributed by atoms with E-state index in [9.17, 15) is 14.4 Å². The second-order valence-corrected chi connectivity index (χ2v) is 6.57. The summed E-state index contributed by atoms with van der Waals surface area (Å²) in [5, 5.41) is 4.97. The van der Waals surface area contributed by atoms with Crippen LogP contribution >= 0.6 is 12.2 Å². The Balaban J connectivity index is 1.60. The molecular formula is C21H24N4O5S.